The topological polar surface area (TPSA) is 47.3 Å². The van der Waals surface area contributed by atoms with Crippen LogP contribution >= 0.6 is 0 Å². The summed E-state index contributed by atoms with van der Waals surface area (Å²) in [4.78, 5) is 0. The third-order valence-electron chi connectivity index (χ3n) is 2.10. The molecule has 0 fully saturated rings. The summed E-state index contributed by atoms with van der Waals surface area (Å²) in [5, 5.41) is 3.46. The average molecular weight is 200 g/mol. The Hall–Kier alpha value is -0.380. The Morgan fingerprint density at radius 2 is 2.29 bits per heavy atom. The van der Waals surface area contributed by atoms with Gasteiger partial charge < -0.3 is 15.8 Å². The zero-order chi connectivity index (χ0) is 10.6. The molecule has 0 saturated carbocycles. The summed E-state index contributed by atoms with van der Waals surface area (Å²) in [6.45, 7) is 4.59. The molecule has 1 unspecified atom stereocenters. The molecule has 0 aliphatic rings. The van der Waals surface area contributed by atoms with Crippen molar-refractivity contribution in [1.82, 2.24) is 5.32 Å². The van der Waals surface area contributed by atoms with E-state index in [0.29, 0.717) is 6.04 Å². The number of methoxy groups -OCH3 is 1. The highest BCUT2D eigenvalue weighted by atomic mass is 16.5. The molecule has 0 spiro atoms. The van der Waals surface area contributed by atoms with E-state index in [1.54, 1.807) is 7.11 Å². The van der Waals surface area contributed by atoms with Crippen LogP contribution in [0.1, 0.15) is 26.2 Å². The van der Waals surface area contributed by atoms with Crippen LogP contribution in [-0.2, 0) is 4.74 Å². The van der Waals surface area contributed by atoms with Crippen LogP contribution in [0.15, 0.2) is 12.2 Å². The molecule has 0 bridgehead atoms. The minimum Gasteiger partial charge on any atom is -0.383 e. The normalized spacial score (nSPS) is 13.6. The van der Waals surface area contributed by atoms with E-state index in [1.807, 2.05) is 6.92 Å². The van der Waals surface area contributed by atoms with Crippen LogP contribution in [0.2, 0.25) is 0 Å². The predicted octanol–water partition coefficient (Wildman–Crippen LogP) is 1.30. The van der Waals surface area contributed by atoms with Crippen molar-refractivity contribution in [3.63, 3.8) is 0 Å². The number of ether oxygens (including phenoxy) is 1. The van der Waals surface area contributed by atoms with Gasteiger partial charge in [0.05, 0.1) is 6.61 Å². The van der Waals surface area contributed by atoms with Gasteiger partial charge in [0.2, 0.25) is 0 Å². The zero-order valence-electron chi connectivity index (χ0n) is 9.46. The van der Waals surface area contributed by atoms with Crippen LogP contribution < -0.4 is 11.1 Å². The summed E-state index contributed by atoms with van der Waals surface area (Å²) in [6, 6.07) is 0.453. The molecular formula is C11H24N2O. The Morgan fingerprint density at radius 3 is 2.86 bits per heavy atom. The van der Waals surface area contributed by atoms with Crippen molar-refractivity contribution in [2.45, 2.75) is 32.2 Å². The molecule has 1 atom stereocenters. The standard InChI is InChI=1S/C11H24N2O/c1-3-4-5-9-13-11(10-14-2)7-6-8-12/h3-4,11,13H,5-10,12H2,1-2H3/b4-3+. The lowest BCUT2D eigenvalue weighted by Gasteiger charge is -2.16. The first-order chi connectivity index (χ1) is 6.85. The molecule has 14 heavy (non-hydrogen) atoms. The van der Waals surface area contributed by atoms with Crippen molar-refractivity contribution in [2.75, 3.05) is 26.8 Å². The Morgan fingerprint density at radius 1 is 1.50 bits per heavy atom. The minimum absolute atomic E-state index is 0.453. The lowest BCUT2D eigenvalue weighted by atomic mass is 10.1. The van der Waals surface area contributed by atoms with E-state index < -0.39 is 0 Å². The van der Waals surface area contributed by atoms with Crippen molar-refractivity contribution in [2.24, 2.45) is 5.73 Å². The van der Waals surface area contributed by atoms with Crippen molar-refractivity contribution in [3.8, 4) is 0 Å². The first-order valence-corrected chi connectivity index (χ1v) is 5.38. The number of hydrogen-bond acceptors (Lipinski definition) is 3. The molecule has 0 radical (unpaired) electrons. The summed E-state index contributed by atoms with van der Waals surface area (Å²) in [5.41, 5.74) is 5.47. The lowest BCUT2D eigenvalue weighted by molar-refractivity contribution is 0.162. The second-order valence-corrected chi connectivity index (χ2v) is 3.40. The molecule has 0 aromatic heterocycles. The van der Waals surface area contributed by atoms with E-state index in [4.69, 9.17) is 10.5 Å². The number of allylic oxidation sites excluding steroid dienone is 1. The fourth-order valence-corrected chi connectivity index (χ4v) is 1.35. The highest BCUT2D eigenvalue weighted by Gasteiger charge is 2.05. The Balaban J connectivity index is 3.50. The van der Waals surface area contributed by atoms with Gasteiger partial charge in [-0.25, -0.2) is 0 Å². The molecule has 0 amide bonds. The highest BCUT2D eigenvalue weighted by molar-refractivity contribution is 4.78. The summed E-state index contributed by atoms with van der Waals surface area (Å²) in [6.07, 6.45) is 7.48. The molecule has 0 aliphatic heterocycles. The number of nitrogens with one attached hydrogen (secondary N) is 1. The van der Waals surface area contributed by atoms with E-state index >= 15 is 0 Å². The number of nitrogens with two attached hydrogens (primary N) is 1. The molecule has 3 heteroatoms. The molecule has 3 nitrogen and oxygen atoms in total. The maximum Gasteiger partial charge on any atom is 0.0615 e. The molecule has 0 aromatic rings. The van der Waals surface area contributed by atoms with Crippen LogP contribution in [-0.4, -0.2) is 32.8 Å². The van der Waals surface area contributed by atoms with Gasteiger partial charge in [-0.2, -0.15) is 0 Å². The molecule has 3 N–H and O–H groups in total. The maximum atomic E-state index is 5.47. The van der Waals surface area contributed by atoms with Gasteiger partial charge in [0.1, 0.15) is 0 Å². The molecule has 0 aliphatic carbocycles. The first-order valence-electron chi connectivity index (χ1n) is 5.38. The van der Waals surface area contributed by atoms with Crippen molar-refractivity contribution in [1.29, 1.82) is 0 Å². The summed E-state index contributed by atoms with van der Waals surface area (Å²) < 4.78 is 5.14. The van der Waals surface area contributed by atoms with Crippen molar-refractivity contribution < 1.29 is 4.74 Å². The third-order valence-corrected chi connectivity index (χ3v) is 2.10. The van der Waals surface area contributed by atoms with Crippen LogP contribution in [0.3, 0.4) is 0 Å². The monoisotopic (exact) mass is 200 g/mol. The molecule has 84 valence electrons. The Labute approximate surface area is 87.7 Å². The van der Waals surface area contributed by atoms with E-state index in [0.717, 1.165) is 39.0 Å². The molecular weight excluding hydrogens is 176 g/mol. The van der Waals surface area contributed by atoms with Gasteiger partial charge >= 0.3 is 0 Å². The number of hydrogen-bond donors (Lipinski definition) is 2. The maximum absolute atomic E-state index is 5.47. The first kappa shape index (κ1) is 13.6. The Bertz CT molecular complexity index is 137. The Kier molecular flexibility index (Phi) is 10.4. The van der Waals surface area contributed by atoms with Crippen LogP contribution in [0.4, 0.5) is 0 Å². The summed E-state index contributed by atoms with van der Waals surface area (Å²) in [7, 11) is 1.74. The smallest absolute Gasteiger partial charge is 0.0615 e. The lowest BCUT2D eigenvalue weighted by Crippen LogP contribution is -2.34. The van der Waals surface area contributed by atoms with E-state index in [2.05, 4.69) is 17.5 Å². The minimum atomic E-state index is 0.453. The number of rotatable bonds is 9. The van der Waals surface area contributed by atoms with Crippen molar-refractivity contribution in [3.05, 3.63) is 12.2 Å². The van der Waals surface area contributed by atoms with Gasteiger partial charge in [-0.1, -0.05) is 12.2 Å². The fraction of sp³-hybridized carbons (Fsp3) is 0.818. The van der Waals surface area contributed by atoms with Gasteiger partial charge in [0, 0.05) is 13.2 Å². The molecule has 0 heterocycles. The fourth-order valence-electron chi connectivity index (χ4n) is 1.35. The van der Waals surface area contributed by atoms with Gasteiger partial charge in [0.25, 0.3) is 0 Å². The van der Waals surface area contributed by atoms with E-state index in [-0.39, 0.29) is 0 Å². The second kappa shape index (κ2) is 10.7. The quantitative estimate of drug-likeness (QED) is 0.435. The zero-order valence-corrected chi connectivity index (χ0v) is 9.46. The molecule has 0 rings (SSSR count). The predicted molar refractivity (Wildman–Crippen MR) is 61.4 cm³/mol. The van der Waals surface area contributed by atoms with Crippen LogP contribution in [0.5, 0.6) is 0 Å². The average Bonchev–Trinajstić information content (AvgIpc) is 2.20. The van der Waals surface area contributed by atoms with Crippen LogP contribution in [0.25, 0.3) is 0 Å². The molecule has 0 saturated heterocycles. The van der Waals surface area contributed by atoms with Crippen molar-refractivity contribution >= 4 is 0 Å². The van der Waals surface area contributed by atoms with Gasteiger partial charge in [-0.3, -0.25) is 0 Å². The summed E-state index contributed by atoms with van der Waals surface area (Å²) in [5.74, 6) is 0. The second-order valence-electron chi connectivity index (χ2n) is 3.40. The van der Waals surface area contributed by atoms with E-state index in [9.17, 15) is 0 Å². The van der Waals surface area contributed by atoms with Crippen LogP contribution in [0, 0.1) is 0 Å². The van der Waals surface area contributed by atoms with E-state index in [1.165, 1.54) is 0 Å². The van der Waals surface area contributed by atoms with Gasteiger partial charge in [-0.05, 0) is 39.3 Å². The van der Waals surface area contributed by atoms with Gasteiger partial charge in [-0.15, -0.1) is 0 Å². The molecule has 0 aromatic carbocycles. The highest BCUT2D eigenvalue weighted by Crippen LogP contribution is 1.97. The largest absolute Gasteiger partial charge is 0.383 e. The third kappa shape index (κ3) is 8.23. The summed E-state index contributed by atoms with van der Waals surface area (Å²) >= 11 is 0. The SMILES string of the molecule is C/C=C/CCNC(CCCN)COC. The van der Waals surface area contributed by atoms with Gasteiger partial charge in [0.15, 0.2) is 0 Å².